The van der Waals surface area contributed by atoms with Crippen molar-refractivity contribution < 1.29 is 0 Å². The fourth-order valence-corrected chi connectivity index (χ4v) is 3.00. The van der Waals surface area contributed by atoms with Crippen molar-refractivity contribution in [3.8, 4) is 23.2 Å². The SMILES string of the molecule is CC#CCSc1nnc(-c2ccc(N(CC)CC)cc2)n1C. The summed E-state index contributed by atoms with van der Waals surface area (Å²) in [5.74, 6) is 7.55. The van der Waals surface area contributed by atoms with E-state index in [9.17, 15) is 0 Å². The van der Waals surface area contributed by atoms with Gasteiger partial charge >= 0.3 is 0 Å². The Kier molecular flexibility index (Phi) is 5.91. The molecule has 0 aliphatic heterocycles. The van der Waals surface area contributed by atoms with Crippen molar-refractivity contribution in [1.82, 2.24) is 14.8 Å². The van der Waals surface area contributed by atoms with Crippen molar-refractivity contribution in [3.63, 3.8) is 0 Å². The van der Waals surface area contributed by atoms with Crippen LogP contribution in [0.15, 0.2) is 29.4 Å². The highest BCUT2D eigenvalue weighted by Gasteiger charge is 2.11. The third-order valence-corrected chi connectivity index (χ3v) is 4.44. The zero-order valence-electron chi connectivity index (χ0n) is 13.6. The molecule has 2 rings (SSSR count). The molecule has 2 aromatic rings. The Hall–Kier alpha value is -1.93. The van der Waals surface area contributed by atoms with E-state index in [2.05, 4.69) is 65.1 Å². The van der Waals surface area contributed by atoms with Gasteiger partial charge in [-0.25, -0.2) is 0 Å². The van der Waals surface area contributed by atoms with Crippen molar-refractivity contribution in [2.75, 3.05) is 23.7 Å². The molecule has 1 aromatic carbocycles. The summed E-state index contributed by atoms with van der Waals surface area (Å²) in [5.41, 5.74) is 2.32. The molecule has 0 atom stereocenters. The average Bonchev–Trinajstić information content (AvgIpc) is 2.91. The van der Waals surface area contributed by atoms with Crippen LogP contribution in [0.25, 0.3) is 11.4 Å². The Balaban J connectivity index is 2.19. The number of rotatable bonds is 6. The lowest BCUT2D eigenvalue weighted by atomic mass is 10.2. The first-order chi connectivity index (χ1) is 10.7. The molecule has 0 fully saturated rings. The monoisotopic (exact) mass is 314 g/mol. The van der Waals surface area contributed by atoms with Gasteiger partial charge in [0.15, 0.2) is 11.0 Å². The smallest absolute Gasteiger partial charge is 0.192 e. The van der Waals surface area contributed by atoms with Crippen molar-refractivity contribution in [1.29, 1.82) is 0 Å². The highest BCUT2D eigenvalue weighted by Crippen LogP contribution is 2.24. The number of hydrogen-bond acceptors (Lipinski definition) is 4. The number of anilines is 1. The number of aromatic nitrogens is 3. The second-order valence-corrected chi connectivity index (χ2v) is 5.74. The van der Waals surface area contributed by atoms with Gasteiger partial charge in [0.1, 0.15) is 0 Å². The van der Waals surface area contributed by atoms with Gasteiger partial charge in [-0.3, -0.25) is 0 Å². The summed E-state index contributed by atoms with van der Waals surface area (Å²) in [7, 11) is 2.00. The molecule has 116 valence electrons. The van der Waals surface area contributed by atoms with Crippen molar-refractivity contribution >= 4 is 17.4 Å². The zero-order valence-corrected chi connectivity index (χ0v) is 14.4. The quantitative estimate of drug-likeness (QED) is 0.604. The molecule has 0 bridgehead atoms. The third kappa shape index (κ3) is 3.63. The number of nitrogens with zero attached hydrogens (tertiary/aromatic N) is 4. The van der Waals surface area contributed by atoms with Gasteiger partial charge in [0, 0.05) is 31.4 Å². The van der Waals surface area contributed by atoms with Crippen molar-refractivity contribution in [3.05, 3.63) is 24.3 Å². The fourth-order valence-electron chi connectivity index (χ4n) is 2.27. The summed E-state index contributed by atoms with van der Waals surface area (Å²) in [6, 6.07) is 8.51. The summed E-state index contributed by atoms with van der Waals surface area (Å²) < 4.78 is 2.02. The van der Waals surface area contributed by atoms with Gasteiger partial charge in [0.2, 0.25) is 0 Å². The predicted octanol–water partition coefficient (Wildman–Crippen LogP) is 3.44. The van der Waals surface area contributed by atoms with E-state index in [4.69, 9.17) is 0 Å². The molecule has 22 heavy (non-hydrogen) atoms. The molecule has 0 saturated carbocycles. The Morgan fingerprint density at radius 3 is 2.41 bits per heavy atom. The molecule has 0 aliphatic rings. The van der Waals surface area contributed by atoms with E-state index in [1.54, 1.807) is 11.8 Å². The Morgan fingerprint density at radius 2 is 1.82 bits per heavy atom. The van der Waals surface area contributed by atoms with Crippen LogP contribution in [0.3, 0.4) is 0 Å². The molecule has 0 saturated heterocycles. The van der Waals surface area contributed by atoms with E-state index in [-0.39, 0.29) is 0 Å². The first-order valence-corrected chi connectivity index (χ1v) is 8.47. The minimum absolute atomic E-state index is 0.739. The number of benzene rings is 1. The first-order valence-electron chi connectivity index (χ1n) is 7.48. The van der Waals surface area contributed by atoms with E-state index in [1.807, 2.05) is 18.5 Å². The maximum Gasteiger partial charge on any atom is 0.192 e. The van der Waals surface area contributed by atoms with Gasteiger partial charge in [-0.15, -0.1) is 16.1 Å². The van der Waals surface area contributed by atoms with Crippen molar-refractivity contribution in [2.24, 2.45) is 7.05 Å². The normalized spacial score (nSPS) is 10.2. The van der Waals surface area contributed by atoms with E-state index in [1.165, 1.54) is 5.69 Å². The topological polar surface area (TPSA) is 34.0 Å². The molecule has 5 heteroatoms. The molecule has 0 amide bonds. The Morgan fingerprint density at radius 1 is 1.14 bits per heavy atom. The average molecular weight is 314 g/mol. The van der Waals surface area contributed by atoms with E-state index in [0.29, 0.717) is 0 Å². The maximum absolute atomic E-state index is 4.31. The van der Waals surface area contributed by atoms with Crippen LogP contribution in [0.4, 0.5) is 5.69 Å². The van der Waals surface area contributed by atoms with Crippen molar-refractivity contribution in [2.45, 2.75) is 25.9 Å². The van der Waals surface area contributed by atoms with Crippen LogP contribution in [-0.2, 0) is 7.05 Å². The molecule has 0 spiro atoms. The van der Waals surface area contributed by atoms with Gasteiger partial charge in [-0.1, -0.05) is 17.7 Å². The van der Waals surface area contributed by atoms with Crippen LogP contribution in [0.1, 0.15) is 20.8 Å². The van der Waals surface area contributed by atoms with Crippen LogP contribution < -0.4 is 4.90 Å². The van der Waals surface area contributed by atoms with Crippen LogP contribution in [-0.4, -0.2) is 33.6 Å². The Bertz CT molecular complexity index is 660. The number of hydrogen-bond donors (Lipinski definition) is 0. The van der Waals surface area contributed by atoms with E-state index >= 15 is 0 Å². The molecule has 1 heterocycles. The standard InChI is InChI=1S/C17H22N4S/c1-5-8-13-22-17-19-18-16(20(17)4)14-9-11-15(12-10-14)21(6-2)7-3/h9-12H,6-7,13H2,1-4H3. The predicted molar refractivity (Wildman–Crippen MR) is 94.2 cm³/mol. The van der Waals surface area contributed by atoms with Gasteiger partial charge < -0.3 is 9.47 Å². The third-order valence-electron chi connectivity index (χ3n) is 3.54. The Labute approximate surface area is 136 Å². The summed E-state index contributed by atoms with van der Waals surface area (Å²) in [4.78, 5) is 2.32. The van der Waals surface area contributed by atoms with Gasteiger partial charge in [-0.05, 0) is 45.0 Å². The molecule has 4 nitrogen and oxygen atoms in total. The van der Waals surface area contributed by atoms with Gasteiger partial charge in [-0.2, -0.15) is 0 Å². The summed E-state index contributed by atoms with van der Waals surface area (Å²) in [5, 5.41) is 9.46. The lowest BCUT2D eigenvalue weighted by Crippen LogP contribution is -2.21. The summed E-state index contributed by atoms with van der Waals surface area (Å²) in [6.07, 6.45) is 0. The van der Waals surface area contributed by atoms with Crippen LogP contribution >= 0.6 is 11.8 Å². The fraction of sp³-hybridized carbons (Fsp3) is 0.412. The minimum Gasteiger partial charge on any atom is -0.372 e. The lowest BCUT2D eigenvalue weighted by Gasteiger charge is -2.21. The van der Waals surface area contributed by atoms with Crippen LogP contribution in [0.5, 0.6) is 0 Å². The van der Waals surface area contributed by atoms with Gasteiger partial charge in [0.25, 0.3) is 0 Å². The summed E-state index contributed by atoms with van der Waals surface area (Å²) >= 11 is 1.61. The van der Waals surface area contributed by atoms with Gasteiger partial charge in [0.05, 0.1) is 5.75 Å². The van der Waals surface area contributed by atoms with E-state index < -0.39 is 0 Å². The highest BCUT2D eigenvalue weighted by molar-refractivity contribution is 7.99. The molecule has 1 aromatic heterocycles. The molecule has 0 aliphatic carbocycles. The zero-order chi connectivity index (χ0) is 15.9. The largest absolute Gasteiger partial charge is 0.372 e. The molecule has 0 radical (unpaired) electrons. The van der Waals surface area contributed by atoms with E-state index in [0.717, 1.165) is 35.4 Å². The second kappa shape index (κ2) is 7.90. The molecular weight excluding hydrogens is 292 g/mol. The first kappa shape index (κ1) is 16.4. The minimum atomic E-state index is 0.739. The maximum atomic E-state index is 4.31. The number of thioether (sulfide) groups is 1. The molecule has 0 N–H and O–H groups in total. The van der Waals surface area contributed by atoms with Crippen LogP contribution in [0, 0.1) is 11.8 Å². The van der Waals surface area contributed by atoms with Crippen LogP contribution in [0.2, 0.25) is 0 Å². The molecule has 0 unspecified atom stereocenters. The highest BCUT2D eigenvalue weighted by atomic mass is 32.2. The lowest BCUT2D eigenvalue weighted by molar-refractivity contribution is 0.795. The molecular formula is C17H22N4S. The second-order valence-electron chi connectivity index (χ2n) is 4.80. The summed E-state index contributed by atoms with van der Waals surface area (Å²) in [6.45, 7) is 8.21.